The minimum atomic E-state index is 0.323. The van der Waals surface area contributed by atoms with Crippen molar-refractivity contribution < 1.29 is 0 Å². The standard InChI is InChI=1S/C10H11ClIN/c11-10-8-3-2-7(13)5-6(8)1-4-9(10)12/h1,4,7H,2-3,5,13H2. The lowest BCUT2D eigenvalue weighted by atomic mass is 9.89. The molecule has 0 radical (unpaired) electrons. The Balaban J connectivity index is 2.47. The third-order valence-corrected chi connectivity index (χ3v) is 4.19. The number of rotatable bonds is 0. The molecule has 1 aromatic carbocycles. The molecule has 0 aromatic heterocycles. The average molecular weight is 308 g/mol. The second-order valence-corrected chi connectivity index (χ2v) is 5.04. The van der Waals surface area contributed by atoms with E-state index in [1.807, 2.05) is 0 Å². The van der Waals surface area contributed by atoms with Gasteiger partial charge in [0.15, 0.2) is 0 Å². The highest BCUT2D eigenvalue weighted by atomic mass is 127. The van der Waals surface area contributed by atoms with Gasteiger partial charge in [-0.25, -0.2) is 0 Å². The van der Waals surface area contributed by atoms with Crippen LogP contribution in [-0.4, -0.2) is 6.04 Å². The summed E-state index contributed by atoms with van der Waals surface area (Å²) in [5.74, 6) is 0. The normalized spacial score (nSPS) is 21.3. The van der Waals surface area contributed by atoms with Gasteiger partial charge >= 0.3 is 0 Å². The molecule has 1 nitrogen and oxygen atoms in total. The van der Waals surface area contributed by atoms with Crippen molar-refractivity contribution >= 4 is 34.2 Å². The minimum absolute atomic E-state index is 0.323. The van der Waals surface area contributed by atoms with E-state index in [0.29, 0.717) is 6.04 Å². The van der Waals surface area contributed by atoms with Crippen molar-refractivity contribution in [3.8, 4) is 0 Å². The molecule has 0 spiro atoms. The van der Waals surface area contributed by atoms with Crippen molar-refractivity contribution in [3.63, 3.8) is 0 Å². The molecule has 0 fully saturated rings. The molecule has 0 saturated carbocycles. The first-order valence-electron chi connectivity index (χ1n) is 4.40. The molecule has 70 valence electrons. The van der Waals surface area contributed by atoms with E-state index in [9.17, 15) is 0 Å². The number of fused-ring (bicyclic) bond motifs is 1. The van der Waals surface area contributed by atoms with Gasteiger partial charge in [0.25, 0.3) is 0 Å². The lowest BCUT2D eigenvalue weighted by Crippen LogP contribution is -2.28. The molecule has 13 heavy (non-hydrogen) atoms. The van der Waals surface area contributed by atoms with Crippen LogP contribution in [0.2, 0.25) is 5.02 Å². The van der Waals surface area contributed by atoms with Crippen LogP contribution in [0.4, 0.5) is 0 Å². The van der Waals surface area contributed by atoms with Gasteiger partial charge in [-0.05, 0) is 59.0 Å². The molecule has 2 rings (SSSR count). The summed E-state index contributed by atoms with van der Waals surface area (Å²) in [6, 6.07) is 4.55. The largest absolute Gasteiger partial charge is 0.327 e. The number of benzene rings is 1. The Labute approximate surface area is 96.8 Å². The van der Waals surface area contributed by atoms with Gasteiger partial charge in [-0.1, -0.05) is 17.7 Å². The van der Waals surface area contributed by atoms with Crippen molar-refractivity contribution in [1.82, 2.24) is 0 Å². The van der Waals surface area contributed by atoms with Gasteiger partial charge in [-0.2, -0.15) is 0 Å². The quantitative estimate of drug-likeness (QED) is 0.733. The Morgan fingerprint density at radius 1 is 1.46 bits per heavy atom. The zero-order valence-electron chi connectivity index (χ0n) is 7.19. The van der Waals surface area contributed by atoms with E-state index in [2.05, 4.69) is 34.7 Å². The molecule has 1 aliphatic carbocycles. The molecular formula is C10H11ClIN. The number of halogens is 2. The predicted molar refractivity (Wildman–Crippen MR) is 64.2 cm³/mol. The maximum absolute atomic E-state index is 6.21. The van der Waals surface area contributed by atoms with Gasteiger partial charge in [-0.15, -0.1) is 0 Å². The molecule has 0 aliphatic heterocycles. The van der Waals surface area contributed by atoms with Gasteiger partial charge in [0, 0.05) is 9.61 Å². The third kappa shape index (κ3) is 1.85. The lowest BCUT2D eigenvalue weighted by molar-refractivity contribution is 0.576. The first-order chi connectivity index (χ1) is 6.18. The van der Waals surface area contributed by atoms with Crippen LogP contribution in [0, 0.1) is 3.57 Å². The molecule has 2 N–H and O–H groups in total. The summed E-state index contributed by atoms with van der Waals surface area (Å²) in [5, 5.41) is 0.935. The molecule has 0 bridgehead atoms. The first kappa shape index (κ1) is 9.74. The lowest BCUT2D eigenvalue weighted by Gasteiger charge is -2.22. The van der Waals surface area contributed by atoms with Crippen molar-refractivity contribution in [2.75, 3.05) is 0 Å². The highest BCUT2D eigenvalue weighted by molar-refractivity contribution is 14.1. The maximum atomic E-state index is 6.21. The maximum Gasteiger partial charge on any atom is 0.0574 e. The van der Waals surface area contributed by atoms with Crippen LogP contribution in [0.1, 0.15) is 17.5 Å². The van der Waals surface area contributed by atoms with Crippen LogP contribution in [0.3, 0.4) is 0 Å². The van der Waals surface area contributed by atoms with Gasteiger partial charge in [0.05, 0.1) is 5.02 Å². The topological polar surface area (TPSA) is 26.0 Å². The Morgan fingerprint density at radius 3 is 3.00 bits per heavy atom. The van der Waals surface area contributed by atoms with E-state index in [1.165, 1.54) is 11.1 Å². The molecule has 0 saturated heterocycles. The molecular weight excluding hydrogens is 296 g/mol. The fourth-order valence-corrected chi connectivity index (χ4v) is 2.59. The van der Waals surface area contributed by atoms with E-state index in [-0.39, 0.29) is 0 Å². The van der Waals surface area contributed by atoms with Crippen LogP contribution < -0.4 is 5.73 Å². The van der Waals surface area contributed by atoms with E-state index in [1.54, 1.807) is 0 Å². The van der Waals surface area contributed by atoms with Crippen molar-refractivity contribution in [2.24, 2.45) is 5.73 Å². The Bertz CT molecular complexity index is 338. The number of nitrogens with two attached hydrogens (primary N) is 1. The summed E-state index contributed by atoms with van der Waals surface area (Å²) in [7, 11) is 0. The zero-order valence-corrected chi connectivity index (χ0v) is 10.1. The predicted octanol–water partition coefficient (Wildman–Crippen LogP) is 2.76. The first-order valence-corrected chi connectivity index (χ1v) is 5.85. The molecule has 3 heteroatoms. The fourth-order valence-electron chi connectivity index (χ4n) is 1.81. The second kappa shape index (κ2) is 3.75. The highest BCUT2D eigenvalue weighted by Gasteiger charge is 2.18. The summed E-state index contributed by atoms with van der Waals surface area (Å²) in [4.78, 5) is 0. The second-order valence-electron chi connectivity index (χ2n) is 3.50. The summed E-state index contributed by atoms with van der Waals surface area (Å²) >= 11 is 8.48. The van der Waals surface area contributed by atoms with Crippen LogP contribution in [0.5, 0.6) is 0 Å². The van der Waals surface area contributed by atoms with E-state index < -0.39 is 0 Å². The smallest absolute Gasteiger partial charge is 0.0574 e. The highest BCUT2D eigenvalue weighted by Crippen LogP contribution is 2.30. The summed E-state index contributed by atoms with van der Waals surface area (Å²) < 4.78 is 1.15. The SMILES string of the molecule is NC1CCc2c(ccc(I)c2Cl)C1. The summed E-state index contributed by atoms with van der Waals surface area (Å²) in [6.07, 6.45) is 3.07. The monoisotopic (exact) mass is 307 g/mol. The minimum Gasteiger partial charge on any atom is -0.327 e. The van der Waals surface area contributed by atoms with E-state index >= 15 is 0 Å². The van der Waals surface area contributed by atoms with Gasteiger partial charge in [-0.3, -0.25) is 0 Å². The van der Waals surface area contributed by atoms with Gasteiger partial charge in [0.1, 0.15) is 0 Å². The molecule has 1 aliphatic rings. The Kier molecular flexibility index (Phi) is 2.81. The summed E-state index contributed by atoms with van der Waals surface area (Å²) in [6.45, 7) is 0. The Hall–Kier alpha value is 0.200. The van der Waals surface area contributed by atoms with Gasteiger partial charge < -0.3 is 5.73 Å². The van der Waals surface area contributed by atoms with Crippen molar-refractivity contribution in [1.29, 1.82) is 0 Å². The van der Waals surface area contributed by atoms with E-state index in [4.69, 9.17) is 17.3 Å². The van der Waals surface area contributed by atoms with Crippen molar-refractivity contribution in [2.45, 2.75) is 25.3 Å². The zero-order chi connectivity index (χ0) is 9.42. The molecule has 1 atom stereocenters. The fraction of sp³-hybridized carbons (Fsp3) is 0.400. The van der Waals surface area contributed by atoms with Crippen molar-refractivity contribution in [3.05, 3.63) is 31.9 Å². The number of hydrogen-bond donors (Lipinski definition) is 1. The third-order valence-electron chi connectivity index (χ3n) is 2.54. The molecule has 0 amide bonds. The molecule has 1 aromatic rings. The van der Waals surface area contributed by atoms with Crippen LogP contribution in [0.25, 0.3) is 0 Å². The summed E-state index contributed by atoms with van der Waals surface area (Å²) in [5.41, 5.74) is 8.54. The molecule has 1 unspecified atom stereocenters. The van der Waals surface area contributed by atoms with Crippen LogP contribution in [0.15, 0.2) is 12.1 Å². The average Bonchev–Trinajstić information content (AvgIpc) is 2.12. The Morgan fingerprint density at radius 2 is 2.23 bits per heavy atom. The number of hydrogen-bond acceptors (Lipinski definition) is 1. The van der Waals surface area contributed by atoms with Gasteiger partial charge in [0.2, 0.25) is 0 Å². The molecule has 0 heterocycles. The van der Waals surface area contributed by atoms with Crippen LogP contribution >= 0.6 is 34.2 Å². The van der Waals surface area contributed by atoms with Crippen LogP contribution in [-0.2, 0) is 12.8 Å². The van der Waals surface area contributed by atoms with E-state index in [0.717, 1.165) is 27.9 Å².